The quantitative estimate of drug-likeness (QED) is 0.434. The number of ether oxygens (including phenoxy) is 1. The number of halogens is 3. The van der Waals surface area contributed by atoms with Gasteiger partial charge < -0.3 is 19.8 Å². The first-order valence-electron chi connectivity index (χ1n) is 12.8. The smallest absolute Gasteiger partial charge is 0.421 e. The van der Waals surface area contributed by atoms with E-state index in [1.807, 2.05) is 9.80 Å². The molecule has 2 saturated heterocycles. The van der Waals surface area contributed by atoms with Gasteiger partial charge >= 0.3 is 12.1 Å². The molecule has 1 aromatic carbocycles. The molecule has 1 aliphatic carbocycles. The van der Waals surface area contributed by atoms with E-state index < -0.39 is 39.9 Å². The van der Waals surface area contributed by atoms with E-state index in [0.717, 1.165) is 0 Å². The number of carbonyl (C=O) groups is 1. The van der Waals surface area contributed by atoms with E-state index in [1.54, 1.807) is 12.2 Å². The number of sulfonamides is 1. The summed E-state index contributed by atoms with van der Waals surface area (Å²) >= 11 is 5.31. The van der Waals surface area contributed by atoms with Gasteiger partial charge in [-0.1, -0.05) is 36.5 Å². The zero-order valence-corrected chi connectivity index (χ0v) is 23.5. The summed E-state index contributed by atoms with van der Waals surface area (Å²) in [7, 11) is -3.91. The van der Waals surface area contributed by atoms with E-state index in [9.17, 15) is 36.6 Å². The Morgan fingerprint density at radius 2 is 1.85 bits per heavy atom. The van der Waals surface area contributed by atoms with E-state index in [-0.39, 0.29) is 43.1 Å². The number of morpholine rings is 1. The van der Waals surface area contributed by atoms with Crippen molar-refractivity contribution in [3.05, 3.63) is 53.0 Å². The van der Waals surface area contributed by atoms with Crippen LogP contribution >= 0.6 is 12.2 Å². The Labute approximate surface area is 236 Å². The molecule has 40 heavy (non-hydrogen) atoms. The molecule has 2 aliphatic heterocycles. The number of aliphatic hydroxyl groups is 1. The lowest BCUT2D eigenvalue weighted by atomic mass is 9.95. The molecule has 2 heterocycles. The maximum atomic E-state index is 13.6. The fraction of sp³-hybridized carbons (Fsp3) is 0.538. The van der Waals surface area contributed by atoms with E-state index >= 15 is 0 Å². The lowest BCUT2D eigenvalue weighted by molar-refractivity contribution is -0.258. The molecule has 9 nitrogen and oxygen atoms in total. The molecule has 1 aromatic rings. The van der Waals surface area contributed by atoms with Crippen LogP contribution in [0, 0.1) is 0 Å². The molecular formula is C26H32F3N3O6S2. The molecule has 0 saturated carbocycles. The number of hydrogen-bond donors (Lipinski definition) is 2. The molecule has 14 heteroatoms. The van der Waals surface area contributed by atoms with Gasteiger partial charge in [0.05, 0.1) is 30.6 Å². The number of anilines is 1. The number of hydrogen-bond acceptors (Lipinski definition) is 8. The fourth-order valence-corrected chi connectivity index (χ4v) is 7.24. The van der Waals surface area contributed by atoms with Crippen molar-refractivity contribution in [3.8, 4) is 0 Å². The van der Waals surface area contributed by atoms with Crippen molar-refractivity contribution in [2.75, 3.05) is 50.8 Å². The summed E-state index contributed by atoms with van der Waals surface area (Å²) in [5.74, 6) is -0.983. The van der Waals surface area contributed by atoms with Crippen LogP contribution in [-0.2, 0) is 25.2 Å². The second-order valence-electron chi connectivity index (χ2n) is 10.2. The second-order valence-corrected chi connectivity index (χ2v) is 12.6. The Hall–Kier alpha value is -2.36. The minimum atomic E-state index is -4.86. The molecule has 0 amide bonds. The molecule has 4 rings (SSSR count). The second kappa shape index (κ2) is 11.9. The standard InChI is InChI=1S/C26H32F3N3O6S2/c1-25(35,26(27,28)29)18-6-8-19(9-7-18)32-11-10-31(40(36,37)23-5-3-2-4-22(23)39)16-21(32)15-30-12-13-38-17-20(30)14-24(33)34/h2-3,5-9,20-21,35H,4,10-17H2,1H3,(H,33,34)/t20?,21-,25?/m0/s1. The first-order valence-corrected chi connectivity index (χ1v) is 14.7. The highest BCUT2D eigenvalue weighted by molar-refractivity contribution is 7.96. The number of thiocarbonyl (C=S) groups is 1. The monoisotopic (exact) mass is 603 g/mol. The van der Waals surface area contributed by atoms with Gasteiger partial charge in [-0.15, -0.1) is 0 Å². The van der Waals surface area contributed by atoms with E-state index in [2.05, 4.69) is 0 Å². The zero-order valence-electron chi connectivity index (χ0n) is 21.9. The largest absolute Gasteiger partial charge is 0.481 e. The van der Waals surface area contributed by atoms with Crippen LogP contribution in [0.5, 0.6) is 0 Å². The number of rotatable bonds is 8. The number of alkyl halides is 3. The molecule has 2 fully saturated rings. The third-order valence-corrected chi connectivity index (χ3v) is 10.0. The first-order chi connectivity index (χ1) is 18.7. The van der Waals surface area contributed by atoms with Crippen molar-refractivity contribution in [2.24, 2.45) is 0 Å². The Morgan fingerprint density at radius 1 is 1.15 bits per heavy atom. The number of aliphatic carboxylic acids is 1. The highest BCUT2D eigenvalue weighted by Gasteiger charge is 2.51. The third kappa shape index (κ3) is 6.42. The lowest BCUT2D eigenvalue weighted by Crippen LogP contribution is -2.61. The number of carboxylic acids is 1. The molecule has 3 aliphatic rings. The van der Waals surface area contributed by atoms with Crippen LogP contribution in [-0.4, -0.2) is 103 Å². The molecule has 3 atom stereocenters. The van der Waals surface area contributed by atoms with Crippen molar-refractivity contribution in [2.45, 2.75) is 43.6 Å². The summed E-state index contributed by atoms with van der Waals surface area (Å²) in [6.45, 7) is 2.46. The average Bonchev–Trinajstić information content (AvgIpc) is 2.89. The first kappa shape index (κ1) is 30.6. The predicted octanol–water partition coefficient (Wildman–Crippen LogP) is 2.67. The van der Waals surface area contributed by atoms with E-state index in [4.69, 9.17) is 17.0 Å². The van der Waals surface area contributed by atoms with Crippen LogP contribution in [0.1, 0.15) is 25.3 Å². The van der Waals surface area contributed by atoms with E-state index in [0.29, 0.717) is 43.6 Å². The van der Waals surface area contributed by atoms with Gasteiger partial charge in [0.2, 0.25) is 10.0 Å². The normalized spacial score (nSPS) is 25.0. The highest BCUT2D eigenvalue weighted by Crippen LogP contribution is 2.39. The third-order valence-electron chi connectivity index (χ3n) is 7.54. The topological polar surface area (TPSA) is 111 Å². The SMILES string of the molecule is CC(O)(c1ccc(N2CCN(S(=O)(=O)C3=CC=CCC3=S)C[C@@H]2CN2CCOCC2CC(=O)O)cc1)C(F)(F)F. The van der Waals surface area contributed by atoms with Crippen molar-refractivity contribution in [1.29, 1.82) is 0 Å². The molecule has 2 N–H and O–H groups in total. The van der Waals surface area contributed by atoms with Gasteiger partial charge in [-0.3, -0.25) is 9.69 Å². The minimum Gasteiger partial charge on any atom is -0.481 e. The van der Waals surface area contributed by atoms with Gasteiger partial charge in [-0.2, -0.15) is 17.5 Å². The molecule has 0 spiro atoms. The molecule has 0 radical (unpaired) electrons. The Kier molecular flexibility index (Phi) is 9.07. The van der Waals surface area contributed by atoms with Crippen molar-refractivity contribution in [1.82, 2.24) is 9.21 Å². The molecular weight excluding hydrogens is 571 g/mol. The predicted molar refractivity (Wildman–Crippen MR) is 147 cm³/mol. The van der Waals surface area contributed by atoms with Crippen LogP contribution in [0.4, 0.5) is 18.9 Å². The number of piperazine rings is 1. The summed E-state index contributed by atoms with van der Waals surface area (Å²) in [6, 6.07) is 4.50. The lowest BCUT2D eigenvalue weighted by Gasteiger charge is -2.46. The van der Waals surface area contributed by atoms with Gasteiger partial charge in [0.25, 0.3) is 0 Å². The number of allylic oxidation sites excluding steroid dienone is 4. The Morgan fingerprint density at radius 3 is 2.48 bits per heavy atom. The maximum absolute atomic E-state index is 13.6. The summed E-state index contributed by atoms with van der Waals surface area (Å²) < 4.78 is 74.1. The van der Waals surface area contributed by atoms with Gasteiger partial charge in [0.15, 0.2) is 5.60 Å². The highest BCUT2D eigenvalue weighted by atomic mass is 32.2. The van der Waals surface area contributed by atoms with Crippen LogP contribution < -0.4 is 4.90 Å². The van der Waals surface area contributed by atoms with Crippen LogP contribution in [0.2, 0.25) is 0 Å². The minimum absolute atomic E-state index is 0.0607. The number of nitrogens with zero attached hydrogens (tertiary/aromatic N) is 3. The molecule has 2 unspecified atom stereocenters. The van der Waals surface area contributed by atoms with Crippen molar-refractivity contribution in [3.63, 3.8) is 0 Å². The van der Waals surface area contributed by atoms with Gasteiger partial charge in [0, 0.05) is 55.7 Å². The van der Waals surface area contributed by atoms with Crippen LogP contribution in [0.15, 0.2) is 47.4 Å². The van der Waals surface area contributed by atoms with Crippen molar-refractivity contribution >= 4 is 38.8 Å². The zero-order chi connectivity index (χ0) is 29.3. The Balaban J connectivity index is 1.63. The van der Waals surface area contributed by atoms with Crippen LogP contribution in [0.25, 0.3) is 0 Å². The number of carboxylic acid groups (broad SMARTS) is 1. The summed E-state index contributed by atoms with van der Waals surface area (Å²) in [5.41, 5.74) is -2.79. The fourth-order valence-electron chi connectivity index (χ4n) is 5.17. The van der Waals surface area contributed by atoms with Crippen molar-refractivity contribution < 1.29 is 41.3 Å². The van der Waals surface area contributed by atoms with Gasteiger partial charge in [-0.25, -0.2) is 8.42 Å². The van der Waals surface area contributed by atoms with Gasteiger partial charge in [-0.05, 0) is 30.7 Å². The van der Waals surface area contributed by atoms with Crippen LogP contribution in [0.3, 0.4) is 0 Å². The maximum Gasteiger partial charge on any atom is 0.421 e. The molecule has 0 bridgehead atoms. The molecule has 220 valence electrons. The van der Waals surface area contributed by atoms with Gasteiger partial charge in [0.1, 0.15) is 0 Å². The summed E-state index contributed by atoms with van der Waals surface area (Å²) in [4.78, 5) is 15.7. The Bertz CT molecular complexity index is 1280. The average molecular weight is 604 g/mol. The number of benzene rings is 1. The summed E-state index contributed by atoms with van der Waals surface area (Å²) in [6.07, 6.45) is 0.252. The summed E-state index contributed by atoms with van der Waals surface area (Å²) in [5, 5.41) is 19.4. The molecule has 0 aromatic heterocycles. The van der Waals surface area contributed by atoms with E-state index in [1.165, 1.54) is 34.6 Å².